The van der Waals surface area contributed by atoms with Crippen LogP contribution in [0.5, 0.6) is 0 Å². The molecular formula is C14H14Cl2NOPS2. The largest absolute Gasteiger partial charge is 0.282 e. The van der Waals surface area contributed by atoms with Gasteiger partial charge in [-0.3, -0.25) is 4.57 Å². The second-order valence-electron chi connectivity index (χ2n) is 4.41. The Bertz CT molecular complexity index is 596. The van der Waals surface area contributed by atoms with Crippen molar-refractivity contribution in [2.75, 3.05) is 14.1 Å². The van der Waals surface area contributed by atoms with Crippen LogP contribution in [0.1, 0.15) is 0 Å². The normalized spacial score (nSPS) is 11.9. The van der Waals surface area contributed by atoms with Crippen molar-refractivity contribution < 1.29 is 4.57 Å². The van der Waals surface area contributed by atoms with Gasteiger partial charge in [-0.15, -0.1) is 0 Å². The van der Waals surface area contributed by atoms with Crippen molar-refractivity contribution in [3.05, 3.63) is 58.6 Å². The monoisotopic (exact) mass is 377 g/mol. The molecular weight excluding hydrogens is 364 g/mol. The lowest BCUT2D eigenvalue weighted by Gasteiger charge is -2.23. The fourth-order valence-electron chi connectivity index (χ4n) is 1.44. The number of halogens is 2. The number of hydrogen-bond acceptors (Lipinski definition) is 3. The van der Waals surface area contributed by atoms with Crippen LogP contribution in [0.2, 0.25) is 10.0 Å². The molecule has 0 amide bonds. The van der Waals surface area contributed by atoms with Gasteiger partial charge in [0.05, 0.1) is 0 Å². The van der Waals surface area contributed by atoms with Crippen LogP contribution >= 0.6 is 51.7 Å². The summed E-state index contributed by atoms with van der Waals surface area (Å²) >= 11 is 14.5. The molecule has 2 rings (SSSR count). The SMILES string of the molecule is CN(C)P(=O)(Sc1ccc(Cl)cc1)Sc1ccc(Cl)cc1. The van der Waals surface area contributed by atoms with Crippen molar-refractivity contribution in [1.82, 2.24) is 4.67 Å². The third kappa shape index (κ3) is 4.95. The van der Waals surface area contributed by atoms with Crippen LogP contribution in [0.25, 0.3) is 0 Å². The molecule has 0 unspecified atom stereocenters. The molecule has 0 radical (unpaired) electrons. The molecule has 0 N–H and O–H groups in total. The van der Waals surface area contributed by atoms with Gasteiger partial charge in [0, 0.05) is 19.8 Å². The average molecular weight is 378 g/mol. The molecule has 0 saturated heterocycles. The van der Waals surface area contributed by atoms with E-state index in [2.05, 4.69) is 0 Å². The number of hydrogen-bond donors (Lipinski definition) is 0. The maximum absolute atomic E-state index is 13.2. The van der Waals surface area contributed by atoms with Gasteiger partial charge in [-0.05, 0) is 85.4 Å². The highest BCUT2D eigenvalue weighted by molar-refractivity contribution is 8.89. The van der Waals surface area contributed by atoms with E-state index in [0.29, 0.717) is 10.0 Å². The zero-order valence-corrected chi connectivity index (χ0v) is 15.5. The van der Waals surface area contributed by atoms with Crippen LogP contribution in [0.4, 0.5) is 0 Å². The first-order valence-corrected chi connectivity index (χ1v) is 11.3. The molecule has 0 aliphatic rings. The molecule has 0 saturated carbocycles. The van der Waals surface area contributed by atoms with Crippen LogP contribution in [0.15, 0.2) is 58.3 Å². The van der Waals surface area contributed by atoms with Gasteiger partial charge in [-0.2, -0.15) is 0 Å². The van der Waals surface area contributed by atoms with Gasteiger partial charge in [-0.25, -0.2) is 4.67 Å². The zero-order valence-electron chi connectivity index (χ0n) is 11.5. The fourth-order valence-corrected chi connectivity index (χ4v) is 8.41. The van der Waals surface area contributed by atoms with Crippen LogP contribution < -0.4 is 0 Å². The van der Waals surface area contributed by atoms with Crippen molar-refractivity contribution in [2.24, 2.45) is 0 Å². The van der Waals surface area contributed by atoms with Crippen LogP contribution in [-0.4, -0.2) is 18.8 Å². The number of nitrogens with zero attached hydrogens (tertiary/aromatic N) is 1. The Morgan fingerprint density at radius 3 is 1.43 bits per heavy atom. The van der Waals surface area contributed by atoms with E-state index in [1.807, 2.05) is 38.4 Å². The molecule has 0 atom stereocenters. The summed E-state index contributed by atoms with van der Waals surface area (Å²) < 4.78 is 15.0. The lowest BCUT2D eigenvalue weighted by Crippen LogP contribution is -2.03. The minimum atomic E-state index is -2.68. The minimum absolute atomic E-state index is 0.671. The summed E-state index contributed by atoms with van der Waals surface area (Å²) in [7, 11) is 3.65. The summed E-state index contributed by atoms with van der Waals surface area (Å²) in [5.41, 5.74) is -2.68. The van der Waals surface area contributed by atoms with Crippen molar-refractivity contribution in [3.8, 4) is 0 Å². The van der Waals surface area contributed by atoms with E-state index < -0.39 is 5.70 Å². The first-order valence-electron chi connectivity index (χ1n) is 6.07. The van der Waals surface area contributed by atoms with Crippen LogP contribution in [0, 0.1) is 0 Å². The van der Waals surface area contributed by atoms with Crippen LogP contribution in [-0.2, 0) is 4.57 Å². The van der Waals surface area contributed by atoms with Gasteiger partial charge in [0.15, 0.2) is 0 Å². The Labute approximate surface area is 143 Å². The van der Waals surface area contributed by atoms with E-state index in [4.69, 9.17) is 23.2 Å². The van der Waals surface area contributed by atoms with E-state index in [1.165, 1.54) is 22.8 Å². The Kier molecular flexibility index (Phi) is 6.13. The molecule has 0 aliphatic carbocycles. The zero-order chi connectivity index (χ0) is 15.5. The highest BCUT2D eigenvalue weighted by Crippen LogP contribution is 2.74. The number of benzene rings is 2. The molecule has 0 fully saturated rings. The second-order valence-corrected chi connectivity index (χ2v) is 13.1. The van der Waals surface area contributed by atoms with Crippen LogP contribution in [0.3, 0.4) is 0 Å². The van der Waals surface area contributed by atoms with Crippen molar-refractivity contribution >= 4 is 51.7 Å². The van der Waals surface area contributed by atoms with Crippen molar-refractivity contribution in [1.29, 1.82) is 0 Å². The molecule has 0 spiro atoms. The molecule has 0 bridgehead atoms. The Morgan fingerprint density at radius 2 is 1.14 bits per heavy atom. The van der Waals surface area contributed by atoms with E-state index >= 15 is 0 Å². The summed E-state index contributed by atoms with van der Waals surface area (Å²) in [6.45, 7) is 0. The maximum Gasteiger partial charge on any atom is 0.266 e. The molecule has 7 heteroatoms. The molecule has 2 nitrogen and oxygen atoms in total. The van der Waals surface area contributed by atoms with E-state index in [0.717, 1.165) is 9.79 Å². The topological polar surface area (TPSA) is 20.3 Å². The summed E-state index contributed by atoms with van der Waals surface area (Å²) in [5, 5.41) is 1.34. The highest BCUT2D eigenvalue weighted by atomic mass is 35.5. The first kappa shape index (κ1) is 17.3. The summed E-state index contributed by atoms with van der Waals surface area (Å²) in [6.07, 6.45) is 0. The molecule has 0 heterocycles. The third-order valence-electron chi connectivity index (χ3n) is 2.56. The molecule has 21 heavy (non-hydrogen) atoms. The maximum atomic E-state index is 13.2. The third-order valence-corrected chi connectivity index (χ3v) is 11.4. The fraction of sp³-hybridized carbons (Fsp3) is 0.143. The second kappa shape index (κ2) is 7.45. The quantitative estimate of drug-likeness (QED) is 0.550. The Balaban J connectivity index is 2.21. The van der Waals surface area contributed by atoms with Gasteiger partial charge in [0.2, 0.25) is 0 Å². The van der Waals surface area contributed by atoms with E-state index in [9.17, 15) is 4.57 Å². The standard InChI is InChI=1S/C14H14Cl2NOPS2/c1-17(2)19(18,20-13-7-3-11(15)4-8-13)21-14-9-5-12(16)6-10-14/h3-10H,1-2H3. The van der Waals surface area contributed by atoms with Crippen molar-refractivity contribution in [3.63, 3.8) is 0 Å². The molecule has 112 valence electrons. The van der Waals surface area contributed by atoms with Gasteiger partial charge < -0.3 is 0 Å². The first-order chi connectivity index (χ1) is 9.89. The Morgan fingerprint density at radius 1 is 0.810 bits per heavy atom. The summed E-state index contributed by atoms with van der Waals surface area (Å²) in [4.78, 5) is 1.86. The predicted molar refractivity (Wildman–Crippen MR) is 95.9 cm³/mol. The molecule has 2 aromatic carbocycles. The smallest absolute Gasteiger partial charge is 0.266 e. The lowest BCUT2D eigenvalue weighted by molar-refractivity contribution is 0.544. The van der Waals surface area contributed by atoms with E-state index in [1.54, 1.807) is 28.9 Å². The minimum Gasteiger partial charge on any atom is -0.282 e. The lowest BCUT2D eigenvalue weighted by atomic mass is 10.4. The number of rotatable bonds is 5. The van der Waals surface area contributed by atoms with Gasteiger partial charge in [0.1, 0.15) is 0 Å². The average Bonchev–Trinajstić information content (AvgIpc) is 2.44. The Hall–Kier alpha value is -0.0900. The van der Waals surface area contributed by atoms with E-state index in [-0.39, 0.29) is 0 Å². The van der Waals surface area contributed by atoms with Gasteiger partial charge in [0.25, 0.3) is 5.70 Å². The molecule has 0 aromatic heterocycles. The predicted octanol–water partition coefficient (Wildman–Crippen LogP) is 6.55. The highest BCUT2D eigenvalue weighted by Gasteiger charge is 2.28. The molecule has 2 aromatic rings. The summed E-state index contributed by atoms with van der Waals surface area (Å²) in [5.74, 6) is 0. The van der Waals surface area contributed by atoms with Gasteiger partial charge >= 0.3 is 0 Å². The summed E-state index contributed by atoms with van der Waals surface area (Å²) in [6, 6.07) is 14.7. The van der Waals surface area contributed by atoms with Gasteiger partial charge in [-0.1, -0.05) is 23.2 Å². The molecule has 0 aliphatic heterocycles. The van der Waals surface area contributed by atoms with Crippen molar-refractivity contribution in [2.45, 2.75) is 9.79 Å².